The van der Waals surface area contributed by atoms with Crippen molar-refractivity contribution in [2.45, 2.75) is 52.4 Å². The van der Waals surface area contributed by atoms with E-state index in [9.17, 15) is 0 Å². The second kappa shape index (κ2) is 11.6. The Labute approximate surface area is 305 Å². The SMILES string of the molecule is CC1(C)c2cc(-c3ccccc3)c(-c3nc(-c4ccccc4)nc(-n4c5ccccc5c5cc(-c6ccccc6)ccc54)n3)cc2C(C)(C)C1(C)C. The lowest BCUT2D eigenvalue weighted by molar-refractivity contribution is 0.125. The van der Waals surface area contributed by atoms with E-state index in [4.69, 9.17) is 15.0 Å². The highest BCUT2D eigenvalue weighted by Gasteiger charge is 2.57. The third-order valence-corrected chi connectivity index (χ3v) is 12.6. The van der Waals surface area contributed by atoms with Crippen molar-refractivity contribution in [3.05, 3.63) is 157 Å². The summed E-state index contributed by atoms with van der Waals surface area (Å²) in [7, 11) is 0. The first-order valence-electron chi connectivity index (χ1n) is 18.2. The van der Waals surface area contributed by atoms with Crippen LogP contribution in [0.3, 0.4) is 0 Å². The molecule has 6 aromatic carbocycles. The van der Waals surface area contributed by atoms with Gasteiger partial charge < -0.3 is 0 Å². The van der Waals surface area contributed by atoms with Gasteiger partial charge in [0.25, 0.3) is 0 Å². The zero-order valence-electron chi connectivity index (χ0n) is 30.6. The minimum Gasteiger partial charge on any atom is -0.278 e. The van der Waals surface area contributed by atoms with Gasteiger partial charge >= 0.3 is 0 Å². The molecule has 0 spiro atoms. The number of hydrogen-bond donors (Lipinski definition) is 0. The van der Waals surface area contributed by atoms with Crippen LogP contribution in [0.1, 0.15) is 52.7 Å². The van der Waals surface area contributed by atoms with Crippen LogP contribution in [0.5, 0.6) is 0 Å². The van der Waals surface area contributed by atoms with E-state index in [2.05, 4.69) is 174 Å². The van der Waals surface area contributed by atoms with Crippen LogP contribution in [0.15, 0.2) is 146 Å². The maximum atomic E-state index is 5.43. The number of aromatic nitrogens is 4. The Morgan fingerprint density at radius 2 is 0.923 bits per heavy atom. The third-order valence-electron chi connectivity index (χ3n) is 12.6. The van der Waals surface area contributed by atoms with Crippen LogP contribution in [-0.4, -0.2) is 19.5 Å². The number of rotatable bonds is 5. The van der Waals surface area contributed by atoms with Gasteiger partial charge in [-0.1, -0.05) is 157 Å². The van der Waals surface area contributed by atoms with Crippen molar-refractivity contribution in [1.82, 2.24) is 19.5 Å². The molecule has 0 N–H and O–H groups in total. The molecule has 0 unspecified atom stereocenters. The van der Waals surface area contributed by atoms with Crippen molar-refractivity contribution >= 4 is 21.8 Å². The van der Waals surface area contributed by atoms with Crippen LogP contribution in [0.4, 0.5) is 0 Å². The summed E-state index contributed by atoms with van der Waals surface area (Å²) in [5, 5.41) is 2.32. The van der Waals surface area contributed by atoms with Gasteiger partial charge in [0.15, 0.2) is 11.6 Å². The summed E-state index contributed by atoms with van der Waals surface area (Å²) < 4.78 is 2.21. The number of benzene rings is 6. The standard InChI is InChI=1S/C48H42N4/c1-46(2)39-29-36(32-20-12-8-13-21-32)38(30-40(39)47(3,4)48(46,5)6)44-49-43(33-22-14-9-15-23-33)50-45(51-44)52-41-25-17-16-24-35(41)37-28-34(26-27-42(37)52)31-18-10-7-11-19-31/h7-30H,1-6H3. The van der Waals surface area contributed by atoms with Gasteiger partial charge in [-0.05, 0) is 80.0 Å². The first kappa shape index (κ1) is 32.1. The Kier molecular flexibility index (Phi) is 7.14. The first-order valence-corrected chi connectivity index (χ1v) is 18.2. The van der Waals surface area contributed by atoms with Crippen LogP contribution >= 0.6 is 0 Å². The van der Waals surface area contributed by atoms with Gasteiger partial charge in [-0.15, -0.1) is 0 Å². The monoisotopic (exact) mass is 674 g/mol. The molecule has 1 aliphatic carbocycles. The Hall–Kier alpha value is -5.87. The molecule has 0 saturated heterocycles. The average Bonchev–Trinajstić information content (AvgIpc) is 3.56. The van der Waals surface area contributed by atoms with Crippen molar-refractivity contribution in [2.75, 3.05) is 0 Å². The molecule has 0 radical (unpaired) electrons. The zero-order chi connectivity index (χ0) is 35.8. The molecular formula is C48H42N4. The highest BCUT2D eigenvalue weighted by atomic mass is 15.2. The van der Waals surface area contributed by atoms with Gasteiger partial charge in [-0.2, -0.15) is 9.97 Å². The van der Waals surface area contributed by atoms with Gasteiger partial charge in [0.2, 0.25) is 5.95 Å². The van der Waals surface area contributed by atoms with E-state index in [0.717, 1.165) is 44.1 Å². The summed E-state index contributed by atoms with van der Waals surface area (Å²) in [5.41, 5.74) is 11.3. The Balaban J connectivity index is 1.35. The van der Waals surface area contributed by atoms with Crippen LogP contribution in [0.2, 0.25) is 0 Å². The zero-order valence-corrected chi connectivity index (χ0v) is 30.6. The van der Waals surface area contributed by atoms with Crippen molar-refractivity contribution in [1.29, 1.82) is 0 Å². The van der Waals surface area contributed by atoms with Crippen LogP contribution < -0.4 is 0 Å². The van der Waals surface area contributed by atoms with Crippen molar-refractivity contribution in [3.63, 3.8) is 0 Å². The van der Waals surface area contributed by atoms with E-state index in [1.165, 1.54) is 22.3 Å². The normalized spacial score (nSPS) is 15.6. The van der Waals surface area contributed by atoms with Gasteiger partial charge in [0.1, 0.15) is 0 Å². The number of para-hydroxylation sites is 1. The lowest BCUT2D eigenvalue weighted by Gasteiger charge is -2.44. The molecule has 8 aromatic rings. The molecule has 2 aromatic heterocycles. The molecular weight excluding hydrogens is 633 g/mol. The number of fused-ring (bicyclic) bond motifs is 4. The lowest BCUT2D eigenvalue weighted by atomic mass is 9.59. The fourth-order valence-electron chi connectivity index (χ4n) is 8.43. The molecule has 9 rings (SSSR count). The quantitative estimate of drug-likeness (QED) is 0.182. The maximum Gasteiger partial charge on any atom is 0.238 e. The molecule has 0 amide bonds. The van der Waals surface area contributed by atoms with Gasteiger partial charge in [-0.25, -0.2) is 4.98 Å². The molecule has 4 heteroatoms. The van der Waals surface area contributed by atoms with E-state index >= 15 is 0 Å². The highest BCUT2D eigenvalue weighted by molar-refractivity contribution is 6.10. The third kappa shape index (κ3) is 4.70. The van der Waals surface area contributed by atoms with E-state index in [1.54, 1.807) is 0 Å². The van der Waals surface area contributed by atoms with Crippen molar-refractivity contribution in [2.24, 2.45) is 5.41 Å². The molecule has 0 fully saturated rings. The fourth-order valence-corrected chi connectivity index (χ4v) is 8.43. The molecule has 4 nitrogen and oxygen atoms in total. The lowest BCUT2D eigenvalue weighted by Crippen LogP contribution is -2.42. The predicted molar refractivity (Wildman–Crippen MR) is 216 cm³/mol. The highest BCUT2D eigenvalue weighted by Crippen LogP contribution is 2.62. The summed E-state index contributed by atoms with van der Waals surface area (Å²) in [6.07, 6.45) is 0. The summed E-state index contributed by atoms with van der Waals surface area (Å²) in [4.78, 5) is 16.0. The second-order valence-electron chi connectivity index (χ2n) is 15.8. The molecule has 0 bridgehead atoms. The molecule has 0 aliphatic heterocycles. The maximum absolute atomic E-state index is 5.43. The molecule has 1 aliphatic rings. The van der Waals surface area contributed by atoms with E-state index in [1.807, 2.05) is 18.2 Å². The number of hydrogen-bond acceptors (Lipinski definition) is 3. The summed E-state index contributed by atoms with van der Waals surface area (Å²) in [5.74, 6) is 1.91. The fraction of sp³-hybridized carbons (Fsp3) is 0.188. The average molecular weight is 675 g/mol. The smallest absolute Gasteiger partial charge is 0.238 e. The van der Waals surface area contributed by atoms with Crippen LogP contribution in [0, 0.1) is 5.41 Å². The Morgan fingerprint density at radius 3 is 1.58 bits per heavy atom. The largest absolute Gasteiger partial charge is 0.278 e. The van der Waals surface area contributed by atoms with Crippen molar-refractivity contribution in [3.8, 4) is 51.0 Å². The van der Waals surface area contributed by atoms with E-state index < -0.39 is 0 Å². The minimum absolute atomic E-state index is 0.00987. The number of nitrogens with zero attached hydrogens (tertiary/aromatic N) is 4. The van der Waals surface area contributed by atoms with Crippen LogP contribution in [-0.2, 0) is 10.8 Å². The van der Waals surface area contributed by atoms with Gasteiger partial charge in [0.05, 0.1) is 11.0 Å². The molecule has 254 valence electrons. The summed E-state index contributed by atoms with van der Waals surface area (Å²) in [6, 6.07) is 51.6. The Morgan fingerprint density at radius 1 is 0.404 bits per heavy atom. The Bertz CT molecular complexity index is 2630. The molecule has 0 atom stereocenters. The van der Waals surface area contributed by atoms with E-state index in [0.29, 0.717) is 17.6 Å². The molecule has 0 saturated carbocycles. The minimum atomic E-state index is -0.0861. The first-order chi connectivity index (χ1) is 25.1. The van der Waals surface area contributed by atoms with Crippen molar-refractivity contribution < 1.29 is 0 Å². The van der Waals surface area contributed by atoms with Gasteiger partial charge in [-0.3, -0.25) is 4.57 Å². The summed E-state index contributed by atoms with van der Waals surface area (Å²) >= 11 is 0. The molecule has 52 heavy (non-hydrogen) atoms. The summed E-state index contributed by atoms with van der Waals surface area (Å²) in [6.45, 7) is 14.4. The van der Waals surface area contributed by atoms with Gasteiger partial charge in [0, 0.05) is 21.9 Å². The van der Waals surface area contributed by atoms with Crippen LogP contribution in [0.25, 0.3) is 72.8 Å². The van der Waals surface area contributed by atoms with E-state index in [-0.39, 0.29) is 16.2 Å². The topological polar surface area (TPSA) is 43.6 Å². The second-order valence-corrected chi connectivity index (χ2v) is 15.8. The predicted octanol–water partition coefficient (Wildman–Crippen LogP) is 12.2. The molecule has 2 heterocycles.